The fourth-order valence-electron chi connectivity index (χ4n) is 0.805. The van der Waals surface area contributed by atoms with Gasteiger partial charge in [-0.3, -0.25) is 0 Å². The molecule has 0 radical (unpaired) electrons. The van der Waals surface area contributed by atoms with Crippen LogP contribution in [0, 0.1) is 0 Å². The van der Waals surface area contributed by atoms with Gasteiger partial charge >= 0.3 is 62.2 Å². The summed E-state index contributed by atoms with van der Waals surface area (Å²) in [5, 5.41) is 0. The van der Waals surface area contributed by atoms with Crippen molar-refractivity contribution in [1.29, 1.82) is 0 Å². The minimum Gasteiger partial charge on any atom is -1.00 e. The molecule has 0 heterocycles. The third-order valence-electron chi connectivity index (χ3n) is 1.18. The van der Waals surface area contributed by atoms with Crippen molar-refractivity contribution in [3.8, 4) is 0 Å². The van der Waals surface area contributed by atoms with Crippen molar-refractivity contribution in [3.05, 3.63) is 21.5 Å². The first-order valence-electron chi connectivity index (χ1n) is 3.03. The molecular formula is C7H12Zr. The average molecular weight is 187 g/mol. The van der Waals surface area contributed by atoms with Crippen LogP contribution in [-0.4, -0.2) is 0 Å². The molecule has 44 valence electrons. The zero-order chi connectivity index (χ0) is 5.82. The Hall–Kier alpha value is 0.363. The van der Waals surface area contributed by atoms with Gasteiger partial charge in [0.25, 0.3) is 0 Å². The van der Waals surface area contributed by atoms with E-state index in [9.17, 15) is 0 Å². The van der Waals surface area contributed by atoms with Crippen LogP contribution in [0.25, 0.3) is 0 Å². The van der Waals surface area contributed by atoms with Crippen LogP contribution in [0.5, 0.6) is 0 Å². The summed E-state index contributed by atoms with van der Waals surface area (Å²) in [5.41, 5.74) is 0. The molecule has 0 aromatic rings. The van der Waals surface area contributed by atoms with Crippen LogP contribution >= 0.6 is 0 Å². The monoisotopic (exact) mass is 186 g/mol. The maximum Gasteiger partial charge on any atom is -1.00 e. The summed E-state index contributed by atoms with van der Waals surface area (Å²) in [4.78, 5) is 0. The number of allylic oxidation sites excluding steroid dienone is 4. The van der Waals surface area contributed by atoms with Crippen molar-refractivity contribution < 1.29 is 26.1 Å². The molecule has 8 heavy (non-hydrogen) atoms. The molecule has 1 rings (SSSR count). The molecule has 0 amide bonds. The number of hydrogen-bond donors (Lipinski definition) is 0. The molecule has 0 N–H and O–H groups in total. The molecule has 1 aliphatic rings. The molecule has 1 heteroatoms. The van der Waals surface area contributed by atoms with Crippen molar-refractivity contribution in [2.24, 2.45) is 0 Å². The molecule has 0 aromatic carbocycles. The van der Waals surface area contributed by atoms with E-state index in [4.69, 9.17) is 0 Å². The Morgan fingerprint density at radius 3 is 3.25 bits per heavy atom. The van der Waals surface area contributed by atoms with Gasteiger partial charge in [0.05, 0.1) is 0 Å². The van der Waals surface area contributed by atoms with Crippen molar-refractivity contribution in [2.75, 3.05) is 0 Å². The molecule has 0 aromatic heterocycles. The van der Waals surface area contributed by atoms with Crippen molar-refractivity contribution in [1.82, 2.24) is 0 Å². The summed E-state index contributed by atoms with van der Waals surface area (Å²) in [6, 6.07) is 0. The topological polar surface area (TPSA) is 0 Å². The van der Waals surface area contributed by atoms with Crippen LogP contribution in [0.4, 0.5) is 0 Å². The molecule has 0 spiro atoms. The Balaban J connectivity index is 0. The maximum atomic E-state index is 2.30. The molecule has 0 bridgehead atoms. The van der Waals surface area contributed by atoms with E-state index in [1.54, 1.807) is 3.28 Å². The first-order chi connectivity index (χ1) is 3.93. The Morgan fingerprint density at radius 2 is 2.75 bits per heavy atom. The second-order valence-corrected chi connectivity index (χ2v) is 6.04. The van der Waals surface area contributed by atoms with Crippen LogP contribution in [0.15, 0.2) is 21.5 Å². The van der Waals surface area contributed by atoms with Gasteiger partial charge in [-0.25, -0.2) is 0 Å². The summed E-state index contributed by atoms with van der Waals surface area (Å²) >= 11 is -0.0469. The maximum absolute atomic E-state index is 2.30. The van der Waals surface area contributed by atoms with Gasteiger partial charge < -0.3 is 2.85 Å². The Kier molecular flexibility index (Phi) is 2.76. The smallest absolute Gasteiger partial charge is 1.00 e. The van der Waals surface area contributed by atoms with Crippen LogP contribution in [0.2, 0.25) is 4.13 Å². The van der Waals surface area contributed by atoms with Crippen LogP contribution < -0.4 is 0 Å². The van der Waals surface area contributed by atoms with Crippen LogP contribution in [0.3, 0.4) is 0 Å². The summed E-state index contributed by atoms with van der Waals surface area (Å²) in [6.07, 6.45) is 8.02. The quantitative estimate of drug-likeness (QED) is 0.623. The molecule has 0 unspecified atom stereocenters. The Labute approximate surface area is 65.2 Å². The molecule has 0 saturated carbocycles. The molecule has 0 nitrogen and oxygen atoms in total. The van der Waals surface area contributed by atoms with E-state index in [-0.39, 0.29) is 26.1 Å². The molecule has 0 fully saturated rings. The molecule has 1 aliphatic carbocycles. The van der Waals surface area contributed by atoms with Gasteiger partial charge in [0.1, 0.15) is 0 Å². The van der Waals surface area contributed by atoms with Gasteiger partial charge in [-0.1, -0.05) is 0 Å². The molecule has 0 aliphatic heterocycles. The van der Waals surface area contributed by atoms with Gasteiger partial charge in [-0.2, -0.15) is 0 Å². The zero-order valence-corrected chi connectivity index (χ0v) is 7.60. The first kappa shape index (κ1) is 6.48. The van der Waals surface area contributed by atoms with E-state index in [0.717, 1.165) is 0 Å². The summed E-state index contributed by atoms with van der Waals surface area (Å²) in [5.74, 6) is 0. The Bertz CT molecular complexity index is 130. The van der Waals surface area contributed by atoms with Crippen LogP contribution in [0.1, 0.15) is 16.2 Å². The van der Waals surface area contributed by atoms with Crippen molar-refractivity contribution >= 4 is 0 Å². The van der Waals surface area contributed by atoms with Gasteiger partial charge in [0.2, 0.25) is 0 Å². The van der Waals surface area contributed by atoms with E-state index in [2.05, 4.69) is 25.2 Å². The first-order valence-corrected chi connectivity index (χ1v) is 5.99. The summed E-state index contributed by atoms with van der Waals surface area (Å²) in [7, 11) is 0. The molecular weight excluding hydrogens is 175 g/mol. The predicted octanol–water partition coefficient (Wildman–Crippen LogP) is 2.58. The molecule has 0 saturated heterocycles. The third kappa shape index (κ3) is 1.70. The number of rotatable bonds is 2. The predicted molar refractivity (Wildman–Crippen MR) is 34.5 cm³/mol. The van der Waals surface area contributed by atoms with Gasteiger partial charge in [0.15, 0.2) is 0 Å². The van der Waals surface area contributed by atoms with E-state index < -0.39 is 0 Å². The number of hydrogen-bond acceptors (Lipinski definition) is 0. The van der Waals surface area contributed by atoms with E-state index in [0.29, 0.717) is 0 Å². The van der Waals surface area contributed by atoms with Gasteiger partial charge in [-0.15, -0.1) is 0 Å². The van der Waals surface area contributed by atoms with E-state index >= 15 is 0 Å². The standard InChI is InChI=1S/C5H5.C2H5.Zr.2H/c1-2-4-5-3-1;1-2;;;/h1-3H,4H2;1H2,2H3;;;/q;;+2;2*-1. The fourth-order valence-corrected chi connectivity index (χ4v) is 3.09. The zero-order valence-electron chi connectivity index (χ0n) is 7.15. The van der Waals surface area contributed by atoms with Gasteiger partial charge in [0, 0.05) is 0 Å². The minimum absolute atomic E-state index is 0. The van der Waals surface area contributed by atoms with Gasteiger partial charge in [-0.05, 0) is 0 Å². The largest absolute Gasteiger partial charge is 1.00 e. The van der Waals surface area contributed by atoms with Crippen molar-refractivity contribution in [3.63, 3.8) is 0 Å². The summed E-state index contributed by atoms with van der Waals surface area (Å²) in [6.45, 7) is 2.30. The normalized spacial score (nSPS) is 15.9. The Morgan fingerprint density at radius 1 is 1.88 bits per heavy atom. The van der Waals surface area contributed by atoms with Crippen LogP contribution in [-0.2, 0) is 23.2 Å². The average Bonchev–Trinajstić information content (AvgIpc) is 2.19. The SMILES string of the molecule is C[CH2][Zr+2][C]1=CC=CC1.[H-].[H-]. The van der Waals surface area contributed by atoms with E-state index in [1.165, 1.54) is 10.5 Å². The third-order valence-corrected chi connectivity index (χ3v) is 4.07. The fraction of sp³-hybridized carbons (Fsp3) is 0.429. The summed E-state index contributed by atoms with van der Waals surface area (Å²) < 4.78 is 3.22. The van der Waals surface area contributed by atoms with E-state index in [1.807, 2.05) is 0 Å². The molecule has 0 atom stereocenters. The second-order valence-electron chi connectivity index (χ2n) is 1.85. The second kappa shape index (κ2) is 3.40. The minimum atomic E-state index is -0.0469. The van der Waals surface area contributed by atoms with Crippen molar-refractivity contribution in [2.45, 2.75) is 17.5 Å².